The lowest BCUT2D eigenvalue weighted by Crippen LogP contribution is -2.40. The van der Waals surface area contributed by atoms with E-state index in [4.69, 9.17) is 9.84 Å². The summed E-state index contributed by atoms with van der Waals surface area (Å²) in [5.74, 6) is -1.06. The molecular weight excluding hydrogens is 264 g/mol. The Balaban J connectivity index is 2.46. The van der Waals surface area contributed by atoms with Crippen molar-refractivity contribution in [2.75, 3.05) is 13.7 Å². The van der Waals surface area contributed by atoms with Crippen LogP contribution in [-0.4, -0.2) is 51.7 Å². The van der Waals surface area contributed by atoms with Crippen LogP contribution in [0.4, 0.5) is 0 Å². The number of carboxylic acids is 1. The van der Waals surface area contributed by atoms with E-state index in [1.54, 1.807) is 0 Å². The number of hydrogen-bond acceptors (Lipinski definition) is 6. The van der Waals surface area contributed by atoms with Crippen LogP contribution >= 0.6 is 0 Å². The predicted molar refractivity (Wildman–Crippen MR) is 70.2 cm³/mol. The van der Waals surface area contributed by atoms with Crippen molar-refractivity contribution in [1.29, 1.82) is 0 Å². The second-order valence-corrected chi connectivity index (χ2v) is 4.83. The molecule has 1 aromatic heterocycles. The van der Waals surface area contributed by atoms with Crippen LogP contribution in [0.2, 0.25) is 0 Å². The Hall–Kier alpha value is -1.96. The third-order valence-electron chi connectivity index (χ3n) is 2.68. The molecule has 8 heteroatoms. The van der Waals surface area contributed by atoms with Crippen molar-refractivity contribution in [2.45, 2.75) is 32.9 Å². The second kappa shape index (κ2) is 7.59. The van der Waals surface area contributed by atoms with E-state index in [1.807, 2.05) is 13.8 Å². The first-order chi connectivity index (χ1) is 9.43. The summed E-state index contributed by atoms with van der Waals surface area (Å²) < 4.78 is 6.15. The lowest BCUT2D eigenvalue weighted by atomic mass is 10.0. The molecule has 2 N–H and O–H groups in total. The number of rotatable bonds is 8. The van der Waals surface area contributed by atoms with Gasteiger partial charge < -0.3 is 15.2 Å². The van der Waals surface area contributed by atoms with Gasteiger partial charge in [0.15, 0.2) is 5.69 Å². The number of nitrogens with one attached hydrogen (secondary N) is 1. The van der Waals surface area contributed by atoms with Gasteiger partial charge in [0.25, 0.3) is 0 Å². The van der Waals surface area contributed by atoms with Crippen molar-refractivity contribution >= 4 is 11.9 Å². The number of carboxylic acid groups (broad SMARTS) is 1. The van der Waals surface area contributed by atoms with E-state index < -0.39 is 5.97 Å². The van der Waals surface area contributed by atoms with Gasteiger partial charge in [0.2, 0.25) is 0 Å². The largest absolute Gasteiger partial charge is 0.476 e. The van der Waals surface area contributed by atoms with Crippen molar-refractivity contribution in [2.24, 2.45) is 5.92 Å². The Bertz CT molecular complexity index is 458. The Morgan fingerprint density at radius 3 is 2.70 bits per heavy atom. The summed E-state index contributed by atoms with van der Waals surface area (Å²) in [6.07, 6.45) is 2.02. The molecule has 20 heavy (non-hydrogen) atoms. The molecule has 0 radical (unpaired) electrons. The van der Waals surface area contributed by atoms with Crippen LogP contribution in [0.25, 0.3) is 0 Å². The Morgan fingerprint density at radius 2 is 2.20 bits per heavy atom. The van der Waals surface area contributed by atoms with Crippen molar-refractivity contribution in [3.63, 3.8) is 0 Å². The maximum atomic E-state index is 11.6. The van der Waals surface area contributed by atoms with Gasteiger partial charge in [-0.25, -0.2) is 4.79 Å². The molecule has 0 amide bonds. The summed E-state index contributed by atoms with van der Waals surface area (Å²) in [6.45, 7) is 4.93. The molecule has 1 heterocycles. The van der Waals surface area contributed by atoms with Crippen LogP contribution in [-0.2, 0) is 16.1 Å². The van der Waals surface area contributed by atoms with Crippen LogP contribution in [0.3, 0.4) is 0 Å². The van der Waals surface area contributed by atoms with Crippen LogP contribution in [0.5, 0.6) is 0 Å². The third kappa shape index (κ3) is 4.96. The predicted octanol–water partition coefficient (Wildman–Crippen LogP) is 0.154. The summed E-state index contributed by atoms with van der Waals surface area (Å²) in [6, 6.07) is -0.373. The minimum atomic E-state index is -1.11. The van der Waals surface area contributed by atoms with Crippen molar-refractivity contribution in [1.82, 2.24) is 20.3 Å². The van der Waals surface area contributed by atoms with Gasteiger partial charge in [0, 0.05) is 6.54 Å². The second-order valence-electron chi connectivity index (χ2n) is 4.83. The lowest BCUT2D eigenvalue weighted by Gasteiger charge is -2.18. The number of esters is 1. The first-order valence-electron chi connectivity index (χ1n) is 6.38. The van der Waals surface area contributed by atoms with E-state index >= 15 is 0 Å². The number of carbonyl (C=O) groups excluding carboxylic acids is 1. The fourth-order valence-electron chi connectivity index (χ4n) is 1.74. The zero-order valence-electron chi connectivity index (χ0n) is 11.9. The molecule has 112 valence electrons. The summed E-state index contributed by atoms with van der Waals surface area (Å²) in [7, 11) is 1.36. The zero-order chi connectivity index (χ0) is 15.1. The molecule has 0 fully saturated rings. The van der Waals surface area contributed by atoms with Gasteiger partial charge in [0.05, 0.1) is 19.9 Å². The summed E-state index contributed by atoms with van der Waals surface area (Å²) in [4.78, 5) is 22.2. The minimum absolute atomic E-state index is 0.100. The number of aromatic nitrogens is 3. The molecular formula is C12H20N4O4. The SMILES string of the molecule is COC(=O)C(CC(C)C)NCCn1cc(C(=O)O)nn1. The molecule has 1 rings (SSSR count). The first-order valence-corrected chi connectivity index (χ1v) is 6.38. The van der Waals surface area contributed by atoms with Crippen LogP contribution in [0.15, 0.2) is 6.20 Å². The Morgan fingerprint density at radius 1 is 1.50 bits per heavy atom. The Labute approximate surface area is 117 Å². The van der Waals surface area contributed by atoms with Gasteiger partial charge in [-0.1, -0.05) is 19.1 Å². The number of aromatic carboxylic acids is 1. The van der Waals surface area contributed by atoms with Gasteiger partial charge in [-0.05, 0) is 12.3 Å². The maximum Gasteiger partial charge on any atom is 0.358 e. The number of hydrogen-bond donors (Lipinski definition) is 2. The van der Waals surface area contributed by atoms with Gasteiger partial charge >= 0.3 is 11.9 Å². The molecule has 1 unspecified atom stereocenters. The fraction of sp³-hybridized carbons (Fsp3) is 0.667. The highest BCUT2D eigenvalue weighted by Crippen LogP contribution is 2.06. The highest BCUT2D eigenvalue weighted by Gasteiger charge is 2.19. The molecule has 0 aromatic carbocycles. The number of nitrogens with zero attached hydrogens (tertiary/aromatic N) is 3. The average molecular weight is 284 g/mol. The van der Waals surface area contributed by atoms with Crippen molar-refractivity contribution in [3.05, 3.63) is 11.9 Å². The average Bonchev–Trinajstić information content (AvgIpc) is 2.85. The lowest BCUT2D eigenvalue weighted by molar-refractivity contribution is -0.143. The molecule has 1 aromatic rings. The number of ether oxygens (including phenoxy) is 1. The van der Waals surface area contributed by atoms with Crippen molar-refractivity contribution in [3.8, 4) is 0 Å². The van der Waals surface area contributed by atoms with E-state index in [0.29, 0.717) is 25.4 Å². The highest BCUT2D eigenvalue weighted by molar-refractivity contribution is 5.84. The number of carbonyl (C=O) groups is 2. The summed E-state index contributed by atoms with van der Waals surface area (Å²) >= 11 is 0. The minimum Gasteiger partial charge on any atom is -0.476 e. The Kier molecular flexibility index (Phi) is 6.10. The molecule has 0 aliphatic heterocycles. The molecule has 0 saturated heterocycles. The quantitative estimate of drug-likeness (QED) is 0.654. The molecule has 0 bridgehead atoms. The topological polar surface area (TPSA) is 106 Å². The third-order valence-corrected chi connectivity index (χ3v) is 2.68. The van der Waals surface area contributed by atoms with Gasteiger partial charge in [-0.2, -0.15) is 0 Å². The normalized spacial score (nSPS) is 12.4. The highest BCUT2D eigenvalue weighted by atomic mass is 16.5. The molecule has 0 spiro atoms. The molecule has 1 atom stereocenters. The van der Waals surface area contributed by atoms with Crippen molar-refractivity contribution < 1.29 is 19.4 Å². The van der Waals surface area contributed by atoms with E-state index in [1.165, 1.54) is 18.0 Å². The van der Waals surface area contributed by atoms with Crippen LogP contribution in [0.1, 0.15) is 30.8 Å². The smallest absolute Gasteiger partial charge is 0.358 e. The number of methoxy groups -OCH3 is 1. The standard InChI is InChI=1S/C12H20N4O4/c1-8(2)6-9(12(19)20-3)13-4-5-16-7-10(11(17)18)14-15-16/h7-9,13H,4-6H2,1-3H3,(H,17,18). The van der Waals surface area contributed by atoms with E-state index in [9.17, 15) is 9.59 Å². The molecule has 0 aliphatic rings. The maximum absolute atomic E-state index is 11.6. The van der Waals surface area contributed by atoms with E-state index in [0.717, 1.165) is 0 Å². The van der Waals surface area contributed by atoms with E-state index in [2.05, 4.69) is 15.6 Å². The first kappa shape index (κ1) is 16.1. The fourth-order valence-corrected chi connectivity index (χ4v) is 1.74. The van der Waals surface area contributed by atoms with Gasteiger partial charge in [-0.15, -0.1) is 5.10 Å². The van der Waals surface area contributed by atoms with E-state index in [-0.39, 0.29) is 17.7 Å². The molecule has 8 nitrogen and oxygen atoms in total. The van der Waals surface area contributed by atoms with Crippen LogP contribution < -0.4 is 5.32 Å². The monoisotopic (exact) mass is 284 g/mol. The summed E-state index contributed by atoms with van der Waals surface area (Å²) in [5.41, 5.74) is -0.100. The van der Waals surface area contributed by atoms with Gasteiger partial charge in [0.1, 0.15) is 6.04 Å². The summed E-state index contributed by atoms with van der Waals surface area (Å²) in [5, 5.41) is 19.0. The molecule has 0 saturated carbocycles. The van der Waals surface area contributed by atoms with Crippen LogP contribution in [0, 0.1) is 5.92 Å². The van der Waals surface area contributed by atoms with Gasteiger partial charge in [-0.3, -0.25) is 9.48 Å². The zero-order valence-corrected chi connectivity index (χ0v) is 11.9. The molecule has 0 aliphatic carbocycles.